The Morgan fingerprint density at radius 2 is 2.10 bits per heavy atom. The maximum atomic E-state index is 12.1. The van der Waals surface area contributed by atoms with E-state index in [0.29, 0.717) is 12.2 Å². The fourth-order valence-corrected chi connectivity index (χ4v) is 2.10. The molecule has 5 N–H and O–H groups in total. The lowest BCUT2D eigenvalue weighted by Crippen LogP contribution is -2.47. The lowest BCUT2D eigenvalue weighted by Gasteiger charge is -2.20. The predicted molar refractivity (Wildman–Crippen MR) is 80.2 cm³/mol. The second-order valence-electron chi connectivity index (χ2n) is 5.08. The van der Waals surface area contributed by atoms with E-state index in [1.54, 1.807) is 13.2 Å². The molecule has 1 aromatic carbocycles. The van der Waals surface area contributed by atoms with Crippen LogP contribution in [0.1, 0.15) is 25.3 Å². The predicted octanol–water partition coefficient (Wildman–Crippen LogP) is 0.899. The number of carbonyl (C=O) groups excluding carboxylic acids is 1. The van der Waals surface area contributed by atoms with E-state index in [1.165, 1.54) is 12.1 Å². The van der Waals surface area contributed by atoms with Crippen molar-refractivity contribution in [3.8, 4) is 11.5 Å². The van der Waals surface area contributed by atoms with Crippen LogP contribution >= 0.6 is 0 Å². The number of hydrogen-bond donors (Lipinski definition) is 4. The summed E-state index contributed by atoms with van der Waals surface area (Å²) in [6, 6.07) is 3.64. The van der Waals surface area contributed by atoms with Crippen molar-refractivity contribution in [1.29, 1.82) is 0 Å². The van der Waals surface area contributed by atoms with E-state index in [2.05, 4.69) is 5.32 Å². The summed E-state index contributed by atoms with van der Waals surface area (Å²) in [7, 11) is 1.59. The standard InChI is InChI=1S/C15H24N2O4/c1-3-4-11(9-21-2)17-15(20)12(16)7-10-5-6-13(18)14(19)8-10/h5-6,8,11-12,18-19H,3-4,7,9,16H2,1-2H3,(H,17,20)/t11?,12-/m0/s1. The Morgan fingerprint density at radius 1 is 1.38 bits per heavy atom. The number of phenolic OH excluding ortho intramolecular Hbond substituents is 2. The largest absolute Gasteiger partial charge is 0.504 e. The van der Waals surface area contributed by atoms with Crippen LogP contribution < -0.4 is 11.1 Å². The minimum Gasteiger partial charge on any atom is -0.504 e. The monoisotopic (exact) mass is 296 g/mol. The molecule has 6 heteroatoms. The summed E-state index contributed by atoms with van der Waals surface area (Å²) in [6.45, 7) is 2.49. The van der Waals surface area contributed by atoms with E-state index < -0.39 is 6.04 Å². The molecule has 0 saturated heterocycles. The van der Waals surface area contributed by atoms with E-state index in [4.69, 9.17) is 10.5 Å². The van der Waals surface area contributed by atoms with E-state index in [9.17, 15) is 15.0 Å². The Hall–Kier alpha value is -1.79. The van der Waals surface area contributed by atoms with Crippen LogP contribution in [-0.4, -0.2) is 41.9 Å². The molecule has 0 aliphatic carbocycles. The van der Waals surface area contributed by atoms with Gasteiger partial charge in [0.1, 0.15) is 0 Å². The number of amides is 1. The highest BCUT2D eigenvalue weighted by molar-refractivity contribution is 5.82. The van der Waals surface area contributed by atoms with Gasteiger partial charge in [-0.25, -0.2) is 0 Å². The Morgan fingerprint density at radius 3 is 2.67 bits per heavy atom. The van der Waals surface area contributed by atoms with Crippen LogP contribution in [0.15, 0.2) is 18.2 Å². The fraction of sp³-hybridized carbons (Fsp3) is 0.533. The number of nitrogens with one attached hydrogen (secondary N) is 1. The number of nitrogens with two attached hydrogens (primary N) is 1. The van der Waals surface area contributed by atoms with Crippen molar-refractivity contribution >= 4 is 5.91 Å². The quantitative estimate of drug-likeness (QED) is 0.533. The van der Waals surface area contributed by atoms with Gasteiger partial charge in [0.2, 0.25) is 5.91 Å². The molecule has 1 rings (SSSR count). The fourth-order valence-electron chi connectivity index (χ4n) is 2.10. The Kier molecular flexibility index (Phi) is 6.98. The van der Waals surface area contributed by atoms with Crippen molar-refractivity contribution in [2.45, 2.75) is 38.3 Å². The molecule has 0 fully saturated rings. The van der Waals surface area contributed by atoms with Gasteiger partial charge in [-0.15, -0.1) is 0 Å². The van der Waals surface area contributed by atoms with Crippen molar-refractivity contribution < 1.29 is 19.7 Å². The van der Waals surface area contributed by atoms with Crippen molar-refractivity contribution in [1.82, 2.24) is 5.32 Å². The summed E-state index contributed by atoms with van der Waals surface area (Å²) in [4.78, 5) is 12.1. The molecule has 0 radical (unpaired) electrons. The highest BCUT2D eigenvalue weighted by Crippen LogP contribution is 2.25. The molecule has 0 aromatic heterocycles. The summed E-state index contributed by atoms with van der Waals surface area (Å²) in [5, 5.41) is 21.5. The van der Waals surface area contributed by atoms with Crippen molar-refractivity contribution in [2.75, 3.05) is 13.7 Å². The maximum Gasteiger partial charge on any atom is 0.237 e. The normalized spacial score (nSPS) is 13.7. The van der Waals surface area contributed by atoms with Crippen LogP contribution in [0.4, 0.5) is 0 Å². The molecule has 0 spiro atoms. The first-order valence-corrected chi connectivity index (χ1v) is 7.03. The van der Waals surface area contributed by atoms with Gasteiger partial charge in [0.05, 0.1) is 18.7 Å². The van der Waals surface area contributed by atoms with Gasteiger partial charge in [-0.2, -0.15) is 0 Å². The van der Waals surface area contributed by atoms with E-state index >= 15 is 0 Å². The minimum atomic E-state index is -0.717. The van der Waals surface area contributed by atoms with Gasteiger partial charge in [0.25, 0.3) is 0 Å². The number of methoxy groups -OCH3 is 1. The lowest BCUT2D eigenvalue weighted by molar-refractivity contribution is -0.123. The number of phenols is 2. The number of carbonyl (C=O) groups is 1. The number of benzene rings is 1. The Bertz CT molecular complexity index is 459. The highest BCUT2D eigenvalue weighted by atomic mass is 16.5. The summed E-state index contributed by atoms with van der Waals surface area (Å²) in [5.74, 6) is -0.665. The van der Waals surface area contributed by atoms with Crippen LogP contribution in [0, 0.1) is 0 Å². The molecule has 1 unspecified atom stereocenters. The second kappa shape index (κ2) is 8.49. The van der Waals surface area contributed by atoms with E-state index in [1.807, 2.05) is 6.92 Å². The van der Waals surface area contributed by atoms with Crippen LogP contribution in [0.3, 0.4) is 0 Å². The molecule has 0 bridgehead atoms. The third-order valence-corrected chi connectivity index (χ3v) is 3.18. The van der Waals surface area contributed by atoms with Crippen LogP contribution in [-0.2, 0) is 16.0 Å². The van der Waals surface area contributed by atoms with Crippen LogP contribution in [0.25, 0.3) is 0 Å². The maximum absolute atomic E-state index is 12.1. The molecule has 21 heavy (non-hydrogen) atoms. The molecule has 0 saturated carbocycles. The summed E-state index contributed by atoms with van der Waals surface area (Å²) in [6.07, 6.45) is 2.05. The number of ether oxygens (including phenoxy) is 1. The summed E-state index contributed by atoms with van der Waals surface area (Å²) < 4.78 is 5.07. The molecule has 0 heterocycles. The van der Waals surface area contributed by atoms with Gasteiger partial charge in [0.15, 0.2) is 11.5 Å². The smallest absolute Gasteiger partial charge is 0.237 e. The summed E-state index contributed by atoms with van der Waals surface area (Å²) >= 11 is 0. The van der Waals surface area contributed by atoms with Crippen LogP contribution in [0.5, 0.6) is 11.5 Å². The third kappa shape index (κ3) is 5.61. The third-order valence-electron chi connectivity index (χ3n) is 3.18. The van der Waals surface area contributed by atoms with Crippen molar-refractivity contribution in [3.05, 3.63) is 23.8 Å². The number of rotatable bonds is 8. The molecule has 2 atom stereocenters. The second-order valence-corrected chi connectivity index (χ2v) is 5.08. The number of hydrogen-bond acceptors (Lipinski definition) is 5. The molecule has 1 amide bonds. The molecular formula is C15H24N2O4. The SMILES string of the molecule is CCCC(COC)NC(=O)[C@@H](N)Cc1ccc(O)c(O)c1. The van der Waals surface area contributed by atoms with Crippen LogP contribution in [0.2, 0.25) is 0 Å². The minimum absolute atomic E-state index is 0.0493. The molecule has 6 nitrogen and oxygen atoms in total. The molecular weight excluding hydrogens is 272 g/mol. The highest BCUT2D eigenvalue weighted by Gasteiger charge is 2.18. The Labute approximate surface area is 124 Å². The van der Waals surface area contributed by atoms with Crippen molar-refractivity contribution in [3.63, 3.8) is 0 Å². The molecule has 1 aromatic rings. The zero-order valence-electron chi connectivity index (χ0n) is 12.5. The Balaban J connectivity index is 2.58. The molecule has 0 aliphatic heterocycles. The average molecular weight is 296 g/mol. The average Bonchev–Trinajstić information content (AvgIpc) is 2.43. The zero-order chi connectivity index (χ0) is 15.8. The topological polar surface area (TPSA) is 105 Å². The van der Waals surface area contributed by atoms with Gasteiger partial charge < -0.3 is 26.0 Å². The first-order chi connectivity index (χ1) is 9.97. The zero-order valence-corrected chi connectivity index (χ0v) is 12.5. The first-order valence-electron chi connectivity index (χ1n) is 7.03. The molecule has 118 valence electrons. The van der Waals surface area contributed by atoms with Gasteiger partial charge in [0, 0.05) is 7.11 Å². The van der Waals surface area contributed by atoms with E-state index in [0.717, 1.165) is 12.8 Å². The van der Waals surface area contributed by atoms with Gasteiger partial charge in [-0.3, -0.25) is 4.79 Å². The van der Waals surface area contributed by atoms with Gasteiger partial charge in [-0.1, -0.05) is 19.4 Å². The van der Waals surface area contributed by atoms with E-state index in [-0.39, 0.29) is 29.9 Å². The van der Waals surface area contributed by atoms with Crippen molar-refractivity contribution in [2.24, 2.45) is 5.73 Å². The first kappa shape index (κ1) is 17.3. The number of aromatic hydroxyl groups is 2. The summed E-state index contributed by atoms with van der Waals surface area (Å²) in [5.41, 5.74) is 6.57. The lowest BCUT2D eigenvalue weighted by atomic mass is 10.0. The molecule has 0 aliphatic rings. The van der Waals surface area contributed by atoms with Gasteiger partial charge in [-0.05, 0) is 30.5 Å². The van der Waals surface area contributed by atoms with Gasteiger partial charge >= 0.3 is 0 Å².